The van der Waals surface area contributed by atoms with Crippen molar-refractivity contribution in [2.45, 2.75) is 64.1 Å². The third-order valence-electron chi connectivity index (χ3n) is 4.20. The largest absolute Gasteiger partial charge is 0.444 e. The summed E-state index contributed by atoms with van der Waals surface area (Å²) in [7, 11) is 0. The van der Waals surface area contributed by atoms with Gasteiger partial charge in [0.1, 0.15) is 5.60 Å². The fourth-order valence-electron chi connectivity index (χ4n) is 2.75. The number of carbonyl (C=O) groups is 1. The van der Waals surface area contributed by atoms with Gasteiger partial charge in [0.25, 0.3) is 0 Å². The lowest BCUT2D eigenvalue weighted by Gasteiger charge is -2.43. The van der Waals surface area contributed by atoms with Crippen LogP contribution in [0.15, 0.2) is 24.3 Å². The summed E-state index contributed by atoms with van der Waals surface area (Å²) in [6.07, 6.45) is 2.71. The zero-order valence-corrected chi connectivity index (χ0v) is 15.2. The van der Waals surface area contributed by atoms with Crippen molar-refractivity contribution < 1.29 is 9.53 Å². The first-order valence-corrected chi connectivity index (χ1v) is 8.58. The Kier molecular flexibility index (Phi) is 5.58. The van der Waals surface area contributed by atoms with Crippen LogP contribution in [0.4, 0.5) is 4.79 Å². The molecule has 2 N–H and O–H groups in total. The maximum atomic E-state index is 12.1. The Morgan fingerprint density at radius 2 is 2.00 bits per heavy atom. The van der Waals surface area contributed by atoms with Crippen molar-refractivity contribution in [2.24, 2.45) is 0 Å². The van der Waals surface area contributed by atoms with Crippen LogP contribution in [-0.2, 0) is 4.74 Å². The number of ether oxygens (including phenoxy) is 1. The number of rotatable bonds is 5. The molecule has 1 amide bonds. The van der Waals surface area contributed by atoms with Gasteiger partial charge in [-0.25, -0.2) is 4.79 Å². The fraction of sp³-hybridized carbons (Fsp3) is 0.611. The molecule has 1 atom stereocenters. The summed E-state index contributed by atoms with van der Waals surface area (Å²) in [6, 6.07) is 7.96. The molecule has 1 fully saturated rings. The maximum Gasteiger partial charge on any atom is 0.408 e. The first-order chi connectivity index (χ1) is 10.7. The lowest BCUT2D eigenvalue weighted by atomic mass is 9.76. The number of carbonyl (C=O) groups excluding carboxylic acids is 1. The van der Waals surface area contributed by atoms with Gasteiger partial charge in [-0.1, -0.05) is 29.8 Å². The van der Waals surface area contributed by atoms with Gasteiger partial charge in [-0.2, -0.15) is 0 Å². The average Bonchev–Trinajstić information content (AvgIpc) is 2.39. The monoisotopic (exact) mass is 338 g/mol. The molecule has 5 heteroatoms. The van der Waals surface area contributed by atoms with Crippen LogP contribution in [0.2, 0.25) is 5.02 Å². The molecular weight excluding hydrogens is 312 g/mol. The van der Waals surface area contributed by atoms with E-state index in [2.05, 4.69) is 17.6 Å². The Morgan fingerprint density at radius 1 is 1.35 bits per heavy atom. The van der Waals surface area contributed by atoms with E-state index in [0.717, 1.165) is 29.8 Å². The molecule has 0 radical (unpaired) electrons. The minimum Gasteiger partial charge on any atom is -0.444 e. The van der Waals surface area contributed by atoms with E-state index in [9.17, 15) is 4.79 Å². The van der Waals surface area contributed by atoms with Crippen molar-refractivity contribution in [3.8, 4) is 0 Å². The minimum atomic E-state index is -0.479. The van der Waals surface area contributed by atoms with E-state index in [0.29, 0.717) is 6.54 Å². The summed E-state index contributed by atoms with van der Waals surface area (Å²) in [5.74, 6) is 0. The molecule has 1 aliphatic carbocycles. The number of nitrogens with one attached hydrogen (secondary N) is 2. The molecule has 23 heavy (non-hydrogen) atoms. The summed E-state index contributed by atoms with van der Waals surface area (Å²) in [6.45, 7) is 8.41. The third kappa shape index (κ3) is 5.11. The molecule has 1 aliphatic rings. The normalized spacial score (nSPS) is 18.0. The Bertz CT molecular complexity index is 550. The second kappa shape index (κ2) is 7.10. The Morgan fingerprint density at radius 3 is 2.52 bits per heavy atom. The van der Waals surface area contributed by atoms with Crippen LogP contribution in [0.25, 0.3) is 0 Å². The molecule has 0 heterocycles. The number of hydrogen-bond acceptors (Lipinski definition) is 3. The van der Waals surface area contributed by atoms with Gasteiger partial charge in [-0.05, 0) is 58.6 Å². The summed E-state index contributed by atoms with van der Waals surface area (Å²) < 4.78 is 5.38. The molecule has 0 aromatic heterocycles. The van der Waals surface area contributed by atoms with Crippen molar-refractivity contribution in [1.29, 1.82) is 0 Å². The maximum absolute atomic E-state index is 12.1. The highest BCUT2D eigenvalue weighted by atomic mass is 35.5. The second-order valence-corrected chi connectivity index (χ2v) is 7.79. The predicted molar refractivity (Wildman–Crippen MR) is 93.8 cm³/mol. The fourth-order valence-corrected chi connectivity index (χ4v) is 3.05. The van der Waals surface area contributed by atoms with Crippen LogP contribution in [0.5, 0.6) is 0 Å². The first-order valence-electron chi connectivity index (χ1n) is 8.20. The number of benzene rings is 1. The zero-order valence-electron chi connectivity index (χ0n) is 14.4. The van der Waals surface area contributed by atoms with E-state index in [-0.39, 0.29) is 17.7 Å². The molecule has 0 bridgehead atoms. The van der Waals surface area contributed by atoms with Gasteiger partial charge in [-0.15, -0.1) is 0 Å². The molecule has 2 rings (SSSR count). The van der Waals surface area contributed by atoms with Gasteiger partial charge in [0.2, 0.25) is 0 Å². The van der Waals surface area contributed by atoms with Crippen LogP contribution in [-0.4, -0.2) is 23.8 Å². The Balaban J connectivity index is 1.92. The first kappa shape index (κ1) is 18.1. The lowest BCUT2D eigenvalue weighted by molar-refractivity contribution is 0.0379. The predicted octanol–water partition coefficient (Wildman–Crippen LogP) is 4.44. The van der Waals surface area contributed by atoms with E-state index in [1.54, 1.807) is 0 Å². The number of hydrogen-bond donors (Lipinski definition) is 2. The molecule has 0 saturated heterocycles. The lowest BCUT2D eigenvalue weighted by Crippen LogP contribution is -2.60. The topological polar surface area (TPSA) is 50.4 Å². The van der Waals surface area contributed by atoms with Crippen molar-refractivity contribution in [3.63, 3.8) is 0 Å². The molecule has 4 nitrogen and oxygen atoms in total. The molecule has 0 spiro atoms. The van der Waals surface area contributed by atoms with E-state index in [4.69, 9.17) is 16.3 Å². The quantitative estimate of drug-likeness (QED) is 0.834. The van der Waals surface area contributed by atoms with Crippen molar-refractivity contribution in [3.05, 3.63) is 34.9 Å². The second-order valence-electron chi connectivity index (χ2n) is 7.38. The molecular formula is C18H27ClN2O2. The molecule has 1 saturated carbocycles. The standard InChI is InChI=1S/C18H27ClN2O2/c1-13(14-8-5-6-9-15(14)19)20-12-18(10-7-11-18)21-16(22)23-17(2,3)4/h5-6,8-9,13,20H,7,10-12H2,1-4H3,(H,21,22). The van der Waals surface area contributed by atoms with Crippen LogP contribution in [0.1, 0.15) is 58.6 Å². The smallest absolute Gasteiger partial charge is 0.408 e. The van der Waals surface area contributed by atoms with E-state index in [1.807, 2.05) is 45.0 Å². The average molecular weight is 339 g/mol. The van der Waals surface area contributed by atoms with Crippen molar-refractivity contribution in [1.82, 2.24) is 10.6 Å². The summed E-state index contributed by atoms with van der Waals surface area (Å²) in [5, 5.41) is 7.31. The van der Waals surface area contributed by atoms with Gasteiger partial charge in [0, 0.05) is 17.6 Å². The van der Waals surface area contributed by atoms with Crippen molar-refractivity contribution in [2.75, 3.05) is 6.54 Å². The van der Waals surface area contributed by atoms with Gasteiger partial charge in [-0.3, -0.25) is 0 Å². The third-order valence-corrected chi connectivity index (χ3v) is 4.54. The highest BCUT2D eigenvalue weighted by molar-refractivity contribution is 6.31. The highest BCUT2D eigenvalue weighted by Crippen LogP contribution is 2.32. The number of amides is 1. The van der Waals surface area contributed by atoms with E-state index < -0.39 is 5.60 Å². The summed E-state index contributed by atoms with van der Waals surface area (Å²) >= 11 is 6.24. The minimum absolute atomic E-state index is 0.126. The Hall–Kier alpha value is -1.26. The van der Waals surface area contributed by atoms with Crippen LogP contribution in [0.3, 0.4) is 0 Å². The summed E-state index contributed by atoms with van der Waals surface area (Å²) in [4.78, 5) is 12.1. The van der Waals surface area contributed by atoms with Crippen LogP contribution < -0.4 is 10.6 Å². The van der Waals surface area contributed by atoms with Gasteiger partial charge < -0.3 is 15.4 Å². The van der Waals surface area contributed by atoms with E-state index in [1.165, 1.54) is 0 Å². The zero-order chi connectivity index (χ0) is 17.1. The Labute approximate surface area is 143 Å². The highest BCUT2D eigenvalue weighted by Gasteiger charge is 2.39. The van der Waals surface area contributed by atoms with Gasteiger partial charge in [0.05, 0.1) is 5.54 Å². The van der Waals surface area contributed by atoms with Gasteiger partial charge >= 0.3 is 6.09 Å². The van der Waals surface area contributed by atoms with Gasteiger partial charge in [0.15, 0.2) is 0 Å². The molecule has 1 aromatic rings. The number of halogens is 1. The SMILES string of the molecule is CC(NCC1(NC(=O)OC(C)(C)C)CCC1)c1ccccc1Cl. The molecule has 1 unspecified atom stereocenters. The molecule has 0 aliphatic heterocycles. The summed E-state index contributed by atoms with van der Waals surface area (Å²) in [5.41, 5.74) is 0.381. The van der Waals surface area contributed by atoms with Crippen molar-refractivity contribution >= 4 is 17.7 Å². The molecule has 128 valence electrons. The van der Waals surface area contributed by atoms with Crippen LogP contribution in [0, 0.1) is 0 Å². The van der Waals surface area contributed by atoms with E-state index >= 15 is 0 Å². The van der Waals surface area contributed by atoms with Crippen LogP contribution >= 0.6 is 11.6 Å². The molecule has 1 aromatic carbocycles. The number of alkyl carbamates (subject to hydrolysis) is 1.